The van der Waals surface area contributed by atoms with E-state index in [0.29, 0.717) is 36.0 Å². The van der Waals surface area contributed by atoms with Crippen LogP contribution < -0.4 is 27.0 Å². The zero-order valence-corrected chi connectivity index (χ0v) is 28.4. The highest BCUT2D eigenvalue weighted by Crippen LogP contribution is 2.29. The van der Waals surface area contributed by atoms with Gasteiger partial charge >= 0.3 is 0 Å². The van der Waals surface area contributed by atoms with Crippen molar-refractivity contribution in [1.29, 1.82) is 0 Å². The molecular weight excluding hydrogens is 642 g/mol. The Hall–Kier alpha value is -4.65. The van der Waals surface area contributed by atoms with E-state index in [1.54, 1.807) is 24.3 Å². The summed E-state index contributed by atoms with van der Waals surface area (Å²) in [5.41, 5.74) is 11.8. The maximum absolute atomic E-state index is 13.7. The SMILES string of the molecule is Cc1cc(C(=O)N[C@H]2CCNC2)ccc1-c1ccc(C[C@H](NC(=O)C2CCC(CN)CC2)C(=O)Nc2ccc(-c3nn[nH]n3)cc2)cc1.Cl. The highest BCUT2D eigenvalue weighted by atomic mass is 35.5. The van der Waals surface area contributed by atoms with Gasteiger partial charge in [-0.3, -0.25) is 14.4 Å². The molecule has 0 bridgehead atoms. The number of amides is 3. The number of carbonyl (C=O) groups is 3. The second-order valence-corrected chi connectivity index (χ2v) is 12.9. The Kier molecular flexibility index (Phi) is 12.1. The molecule has 49 heavy (non-hydrogen) atoms. The summed E-state index contributed by atoms with van der Waals surface area (Å²) in [4.78, 5) is 39.8. The second kappa shape index (κ2) is 16.6. The minimum Gasteiger partial charge on any atom is -0.348 e. The second-order valence-electron chi connectivity index (χ2n) is 12.9. The van der Waals surface area contributed by atoms with Crippen LogP contribution >= 0.6 is 12.4 Å². The molecule has 7 N–H and O–H groups in total. The largest absolute Gasteiger partial charge is 0.348 e. The quantitative estimate of drug-likeness (QED) is 0.138. The number of anilines is 1. The van der Waals surface area contributed by atoms with Crippen LogP contribution in [0, 0.1) is 18.8 Å². The van der Waals surface area contributed by atoms with Crippen molar-refractivity contribution in [2.45, 2.75) is 57.5 Å². The summed E-state index contributed by atoms with van der Waals surface area (Å²) in [7, 11) is 0. The number of nitrogens with one attached hydrogen (secondary N) is 5. The number of tetrazole rings is 1. The third-order valence-corrected chi connectivity index (χ3v) is 9.53. The van der Waals surface area contributed by atoms with Crippen molar-refractivity contribution in [3.8, 4) is 22.5 Å². The molecule has 1 aliphatic heterocycles. The number of hydrogen-bond acceptors (Lipinski definition) is 8. The molecule has 1 saturated carbocycles. The van der Waals surface area contributed by atoms with E-state index in [-0.39, 0.29) is 42.1 Å². The van der Waals surface area contributed by atoms with Crippen molar-refractivity contribution in [1.82, 2.24) is 36.6 Å². The van der Waals surface area contributed by atoms with Gasteiger partial charge in [-0.2, -0.15) is 5.21 Å². The van der Waals surface area contributed by atoms with Crippen LogP contribution in [0.4, 0.5) is 5.69 Å². The van der Waals surface area contributed by atoms with Crippen LogP contribution in [-0.2, 0) is 16.0 Å². The van der Waals surface area contributed by atoms with Gasteiger partial charge in [-0.05, 0) is 122 Å². The molecule has 6 rings (SSSR count). The average Bonchev–Trinajstić information content (AvgIpc) is 3.84. The van der Waals surface area contributed by atoms with Crippen molar-refractivity contribution in [3.63, 3.8) is 0 Å². The van der Waals surface area contributed by atoms with E-state index in [1.165, 1.54) is 0 Å². The lowest BCUT2D eigenvalue weighted by Gasteiger charge is -2.28. The topological polar surface area (TPSA) is 180 Å². The first-order valence-corrected chi connectivity index (χ1v) is 16.7. The number of aromatic nitrogens is 4. The Balaban J connectivity index is 0.00000468. The highest BCUT2D eigenvalue weighted by molar-refractivity contribution is 5.98. The summed E-state index contributed by atoms with van der Waals surface area (Å²) in [5.74, 6) is 0.318. The Morgan fingerprint density at radius 3 is 2.31 bits per heavy atom. The lowest BCUT2D eigenvalue weighted by molar-refractivity contribution is -0.130. The van der Waals surface area contributed by atoms with Crippen molar-refractivity contribution in [2.24, 2.45) is 17.6 Å². The van der Waals surface area contributed by atoms with Crippen molar-refractivity contribution in [2.75, 3.05) is 25.0 Å². The van der Waals surface area contributed by atoms with Gasteiger partial charge in [0, 0.05) is 41.7 Å². The Morgan fingerprint density at radius 2 is 1.67 bits per heavy atom. The normalized spacial score (nSPS) is 19.3. The predicted molar refractivity (Wildman–Crippen MR) is 191 cm³/mol. The van der Waals surface area contributed by atoms with Crippen molar-refractivity contribution in [3.05, 3.63) is 83.4 Å². The van der Waals surface area contributed by atoms with Crippen molar-refractivity contribution < 1.29 is 14.4 Å². The number of benzene rings is 3. The maximum atomic E-state index is 13.7. The molecule has 3 aromatic carbocycles. The highest BCUT2D eigenvalue weighted by Gasteiger charge is 2.29. The molecule has 258 valence electrons. The van der Waals surface area contributed by atoms with Crippen LogP contribution in [0.5, 0.6) is 0 Å². The van der Waals surface area contributed by atoms with Gasteiger partial charge in [0.05, 0.1) is 0 Å². The van der Waals surface area contributed by atoms with Crippen molar-refractivity contribution >= 4 is 35.8 Å². The third-order valence-electron chi connectivity index (χ3n) is 9.53. The number of H-pyrrole nitrogens is 1. The van der Waals surface area contributed by atoms with Crippen LogP contribution in [0.15, 0.2) is 66.7 Å². The number of carbonyl (C=O) groups excluding carboxylic acids is 3. The molecule has 2 atom stereocenters. The van der Waals surface area contributed by atoms with E-state index >= 15 is 0 Å². The number of aryl methyl sites for hydroxylation is 1. The van der Waals surface area contributed by atoms with Gasteiger partial charge in [-0.15, -0.1) is 22.6 Å². The van der Waals surface area contributed by atoms with Gasteiger partial charge in [-0.25, -0.2) is 0 Å². The first kappa shape index (κ1) is 35.7. The first-order valence-electron chi connectivity index (χ1n) is 16.7. The number of hydrogen-bond donors (Lipinski definition) is 6. The zero-order valence-electron chi connectivity index (χ0n) is 27.6. The van der Waals surface area contributed by atoms with Crippen LogP contribution in [0.1, 0.15) is 53.6 Å². The van der Waals surface area contributed by atoms with Gasteiger partial charge in [0.25, 0.3) is 5.91 Å². The standard InChI is InChI=1S/C36H43N9O3.ClH/c1-22-18-28(35(47)40-30-16-17-38-21-30)12-15-31(22)25-6-2-23(3-7-25)19-32(41-34(46)27-8-4-24(20-37)5-9-27)36(48)39-29-13-10-26(11-14-29)33-42-44-45-43-33;/h2-3,6-7,10-15,18,24,27,30,32,38H,4-5,8-9,16-17,19-21,37H2,1H3,(H,39,48)(H,40,47)(H,41,46)(H,42,43,44,45);1H/t24?,27?,30-,32-;/m0./s1. The summed E-state index contributed by atoms with van der Waals surface area (Å²) < 4.78 is 0. The van der Waals surface area contributed by atoms with E-state index < -0.39 is 6.04 Å². The minimum atomic E-state index is -0.776. The Bertz CT molecular complexity index is 1700. The molecule has 2 heterocycles. The number of rotatable bonds is 11. The van der Waals surface area contributed by atoms with Crippen LogP contribution in [-0.4, -0.2) is 70.1 Å². The molecule has 0 spiro atoms. The van der Waals surface area contributed by atoms with Gasteiger partial charge in [0.15, 0.2) is 0 Å². The van der Waals surface area contributed by atoms with Gasteiger partial charge < -0.3 is 27.0 Å². The zero-order chi connectivity index (χ0) is 33.5. The fourth-order valence-corrected chi connectivity index (χ4v) is 6.61. The molecule has 0 unspecified atom stereocenters. The van der Waals surface area contributed by atoms with Gasteiger partial charge in [0.1, 0.15) is 6.04 Å². The molecule has 4 aromatic rings. The predicted octanol–water partition coefficient (Wildman–Crippen LogP) is 3.79. The van der Waals surface area contributed by atoms with E-state index in [9.17, 15) is 14.4 Å². The molecule has 2 aliphatic rings. The average molecular weight is 686 g/mol. The van der Waals surface area contributed by atoms with E-state index in [0.717, 1.165) is 73.0 Å². The first-order chi connectivity index (χ1) is 23.4. The van der Waals surface area contributed by atoms with Crippen LogP contribution in [0.3, 0.4) is 0 Å². The molecule has 1 saturated heterocycles. The van der Waals surface area contributed by atoms with Gasteiger partial charge in [0.2, 0.25) is 17.6 Å². The Labute approximate surface area is 292 Å². The summed E-state index contributed by atoms with van der Waals surface area (Å²) in [6.45, 7) is 4.36. The van der Waals surface area contributed by atoms with E-state index in [1.807, 2.05) is 49.4 Å². The molecule has 13 heteroatoms. The summed E-state index contributed by atoms with van der Waals surface area (Å²) in [6.07, 6.45) is 4.64. The summed E-state index contributed by atoms with van der Waals surface area (Å²) >= 11 is 0. The molecule has 1 aromatic heterocycles. The maximum Gasteiger partial charge on any atom is 0.251 e. The number of aromatic amines is 1. The molecule has 12 nitrogen and oxygen atoms in total. The minimum absolute atomic E-state index is 0. The molecule has 1 aliphatic carbocycles. The molecule has 0 radical (unpaired) electrons. The Morgan fingerprint density at radius 1 is 0.939 bits per heavy atom. The smallest absolute Gasteiger partial charge is 0.251 e. The third kappa shape index (κ3) is 9.08. The lowest BCUT2D eigenvalue weighted by atomic mass is 9.81. The molecule has 3 amide bonds. The number of nitrogens with zero attached hydrogens (tertiary/aromatic N) is 3. The summed E-state index contributed by atoms with van der Waals surface area (Å²) in [6, 6.07) is 20.3. The fraction of sp³-hybridized carbons (Fsp3) is 0.389. The van der Waals surface area contributed by atoms with E-state index in [2.05, 4.69) is 41.9 Å². The summed E-state index contributed by atoms with van der Waals surface area (Å²) in [5, 5.41) is 26.4. The van der Waals surface area contributed by atoms with E-state index in [4.69, 9.17) is 5.73 Å². The van der Waals surface area contributed by atoms with Gasteiger partial charge in [-0.1, -0.05) is 30.3 Å². The van der Waals surface area contributed by atoms with Crippen LogP contribution in [0.25, 0.3) is 22.5 Å². The molecule has 2 fully saturated rings. The number of nitrogens with two attached hydrogens (primary N) is 1. The number of halogens is 1. The molecular formula is C36H44ClN9O3. The monoisotopic (exact) mass is 685 g/mol. The lowest BCUT2D eigenvalue weighted by Crippen LogP contribution is -2.48. The van der Waals surface area contributed by atoms with Crippen LogP contribution in [0.2, 0.25) is 0 Å². The fourth-order valence-electron chi connectivity index (χ4n) is 6.61.